The van der Waals surface area contributed by atoms with Gasteiger partial charge in [-0.05, 0) is 46.1 Å². The van der Waals surface area contributed by atoms with Crippen molar-refractivity contribution in [3.8, 4) is 0 Å². The van der Waals surface area contributed by atoms with Crippen molar-refractivity contribution in [2.45, 2.75) is 37.4 Å². The molecule has 13 heavy (non-hydrogen) atoms. The maximum absolute atomic E-state index is 3.70. The molecule has 0 radical (unpaired) electrons. The van der Waals surface area contributed by atoms with Crippen LogP contribution in [0.4, 0.5) is 0 Å². The summed E-state index contributed by atoms with van der Waals surface area (Å²) < 4.78 is 1.27. The van der Waals surface area contributed by atoms with Crippen molar-refractivity contribution in [3.63, 3.8) is 0 Å². The molecule has 0 fully saturated rings. The largest absolute Gasteiger partial charge is 0.151 e. The number of halogens is 2. The minimum Gasteiger partial charge on any atom is -0.151 e. The number of alkyl halides is 1. The maximum atomic E-state index is 3.70. The van der Waals surface area contributed by atoms with Crippen molar-refractivity contribution in [2.24, 2.45) is 0 Å². The maximum Gasteiger partial charge on any atom is 0.0314 e. The highest BCUT2D eigenvalue weighted by atomic mass is 79.9. The van der Waals surface area contributed by atoms with Crippen LogP contribution in [0.2, 0.25) is 0 Å². The number of rotatable bonds is 5. The Hall–Kier alpha value is 0.660. The van der Waals surface area contributed by atoms with Crippen LogP contribution in [-0.2, 0) is 6.42 Å². The summed E-state index contributed by atoms with van der Waals surface area (Å²) >= 11 is 9.02. The second-order valence-electron chi connectivity index (χ2n) is 3.17. The lowest BCUT2D eigenvalue weighted by atomic mass is 10.1. The second-order valence-corrected chi connectivity index (χ2v) is 6.06. The van der Waals surface area contributed by atoms with Crippen LogP contribution in [-0.4, -0.2) is 4.83 Å². The quantitative estimate of drug-likeness (QED) is 0.668. The molecule has 0 amide bonds. The van der Waals surface area contributed by atoms with E-state index in [4.69, 9.17) is 0 Å². The molecule has 0 saturated heterocycles. The summed E-state index contributed by atoms with van der Waals surface area (Å²) in [6, 6.07) is 0. The van der Waals surface area contributed by atoms with Crippen molar-refractivity contribution in [1.29, 1.82) is 0 Å². The van der Waals surface area contributed by atoms with Crippen molar-refractivity contribution in [3.05, 3.63) is 20.8 Å². The fourth-order valence-electron chi connectivity index (χ4n) is 1.26. The lowest BCUT2D eigenvalue weighted by molar-refractivity contribution is 0.693. The Morgan fingerprint density at radius 2 is 2.15 bits per heavy atom. The molecule has 1 atom stereocenters. The van der Waals surface area contributed by atoms with E-state index >= 15 is 0 Å². The van der Waals surface area contributed by atoms with E-state index < -0.39 is 0 Å². The first-order chi connectivity index (χ1) is 6.24. The van der Waals surface area contributed by atoms with E-state index in [1.807, 2.05) is 0 Å². The van der Waals surface area contributed by atoms with Gasteiger partial charge in [-0.25, -0.2) is 0 Å². The van der Waals surface area contributed by atoms with Gasteiger partial charge in [0.05, 0.1) is 0 Å². The second kappa shape index (κ2) is 6.20. The van der Waals surface area contributed by atoms with E-state index in [1.165, 1.54) is 35.7 Å². The predicted molar refractivity (Wildman–Crippen MR) is 68.0 cm³/mol. The Morgan fingerprint density at radius 1 is 1.38 bits per heavy atom. The third-order valence-electron chi connectivity index (χ3n) is 2.02. The zero-order valence-corrected chi connectivity index (χ0v) is 11.7. The molecule has 1 unspecified atom stereocenters. The first-order valence-corrected chi connectivity index (χ1v) is 7.23. The number of thiophene rings is 1. The van der Waals surface area contributed by atoms with Crippen molar-refractivity contribution < 1.29 is 0 Å². The molecule has 1 rings (SSSR count). The molecule has 0 N–H and O–H groups in total. The van der Waals surface area contributed by atoms with Gasteiger partial charge < -0.3 is 0 Å². The molecule has 74 valence electrons. The van der Waals surface area contributed by atoms with Crippen LogP contribution in [0.5, 0.6) is 0 Å². The summed E-state index contributed by atoms with van der Waals surface area (Å²) in [6.45, 7) is 2.23. The molecule has 1 aromatic rings. The van der Waals surface area contributed by atoms with E-state index in [0.717, 1.165) is 0 Å². The highest BCUT2D eigenvalue weighted by Crippen LogP contribution is 2.24. The van der Waals surface area contributed by atoms with Gasteiger partial charge in [-0.3, -0.25) is 0 Å². The fraction of sp³-hybridized carbons (Fsp3) is 0.600. The summed E-state index contributed by atoms with van der Waals surface area (Å²) in [5, 5.41) is 4.38. The molecule has 0 nitrogen and oxygen atoms in total. The third kappa shape index (κ3) is 4.13. The van der Waals surface area contributed by atoms with E-state index in [1.54, 1.807) is 11.3 Å². The smallest absolute Gasteiger partial charge is 0.0314 e. The van der Waals surface area contributed by atoms with Crippen LogP contribution in [0.15, 0.2) is 15.2 Å². The molecule has 0 saturated carbocycles. The van der Waals surface area contributed by atoms with Crippen LogP contribution < -0.4 is 0 Å². The Balaban J connectivity index is 2.30. The van der Waals surface area contributed by atoms with Crippen molar-refractivity contribution in [2.75, 3.05) is 0 Å². The average Bonchev–Trinajstić information content (AvgIpc) is 2.48. The Morgan fingerprint density at radius 3 is 2.69 bits per heavy atom. The van der Waals surface area contributed by atoms with Crippen LogP contribution in [0.3, 0.4) is 0 Å². The first-order valence-electron chi connectivity index (χ1n) is 4.58. The monoisotopic (exact) mass is 324 g/mol. The highest BCUT2D eigenvalue weighted by molar-refractivity contribution is 9.10. The average molecular weight is 326 g/mol. The van der Waals surface area contributed by atoms with E-state index in [0.29, 0.717) is 4.83 Å². The van der Waals surface area contributed by atoms with Gasteiger partial charge in [0.2, 0.25) is 0 Å². The standard InChI is InChI=1S/C10H14Br2S/c1-2-3-9(11)5-4-8-6-13-7-10(8)12/h6-7,9H,2-5H2,1H3. The SMILES string of the molecule is CCCC(Br)CCc1cscc1Br. The summed E-state index contributed by atoms with van der Waals surface area (Å²) in [4.78, 5) is 0.685. The van der Waals surface area contributed by atoms with Crippen molar-refractivity contribution >= 4 is 43.2 Å². The van der Waals surface area contributed by atoms with Gasteiger partial charge in [0, 0.05) is 14.7 Å². The Bertz CT molecular complexity index is 245. The summed E-state index contributed by atoms with van der Waals surface area (Å²) in [5.74, 6) is 0. The van der Waals surface area contributed by atoms with Gasteiger partial charge in [0.1, 0.15) is 0 Å². The Labute approximate surface area is 101 Å². The van der Waals surface area contributed by atoms with Crippen molar-refractivity contribution in [1.82, 2.24) is 0 Å². The van der Waals surface area contributed by atoms with Gasteiger partial charge in [0.15, 0.2) is 0 Å². The van der Waals surface area contributed by atoms with E-state index in [2.05, 4.69) is 49.5 Å². The molecule has 0 aliphatic rings. The van der Waals surface area contributed by atoms with Gasteiger partial charge in [-0.2, -0.15) is 11.3 Å². The molecular weight excluding hydrogens is 312 g/mol. The molecule has 0 aliphatic heterocycles. The number of aryl methyl sites for hydroxylation is 1. The van der Waals surface area contributed by atoms with Gasteiger partial charge in [-0.1, -0.05) is 29.3 Å². The van der Waals surface area contributed by atoms with Crippen LogP contribution in [0.1, 0.15) is 31.7 Å². The lowest BCUT2D eigenvalue weighted by Crippen LogP contribution is -1.98. The van der Waals surface area contributed by atoms with Gasteiger partial charge in [0.25, 0.3) is 0 Å². The highest BCUT2D eigenvalue weighted by Gasteiger charge is 2.05. The van der Waals surface area contributed by atoms with E-state index in [9.17, 15) is 0 Å². The topological polar surface area (TPSA) is 0 Å². The summed E-state index contributed by atoms with van der Waals surface area (Å²) in [6.07, 6.45) is 4.96. The van der Waals surface area contributed by atoms with Crippen LogP contribution in [0, 0.1) is 0 Å². The normalized spacial score (nSPS) is 13.2. The number of hydrogen-bond donors (Lipinski definition) is 0. The molecule has 1 aromatic heterocycles. The summed E-state index contributed by atoms with van der Waals surface area (Å²) in [5.41, 5.74) is 1.45. The van der Waals surface area contributed by atoms with Crippen LogP contribution in [0.25, 0.3) is 0 Å². The zero-order chi connectivity index (χ0) is 9.68. The number of hydrogen-bond acceptors (Lipinski definition) is 1. The molecular formula is C10H14Br2S. The first kappa shape index (κ1) is 11.7. The van der Waals surface area contributed by atoms with Crippen LogP contribution >= 0.6 is 43.2 Å². The molecule has 0 aliphatic carbocycles. The molecule has 0 bridgehead atoms. The van der Waals surface area contributed by atoms with E-state index in [-0.39, 0.29) is 0 Å². The zero-order valence-electron chi connectivity index (χ0n) is 7.72. The minimum atomic E-state index is 0.685. The Kier molecular flexibility index (Phi) is 5.60. The van der Waals surface area contributed by atoms with Gasteiger partial charge in [-0.15, -0.1) is 0 Å². The van der Waals surface area contributed by atoms with Gasteiger partial charge >= 0.3 is 0 Å². The molecule has 0 spiro atoms. The lowest BCUT2D eigenvalue weighted by Gasteiger charge is -2.06. The third-order valence-corrected chi connectivity index (χ3v) is 4.77. The fourth-order valence-corrected chi connectivity index (χ4v) is 3.48. The molecule has 0 aromatic carbocycles. The molecule has 1 heterocycles. The molecule has 3 heteroatoms. The minimum absolute atomic E-state index is 0.685. The summed E-state index contributed by atoms with van der Waals surface area (Å²) in [7, 11) is 0. The predicted octanol–water partition coefficient (Wildman–Crippen LogP) is 5.01.